The lowest BCUT2D eigenvalue weighted by atomic mass is 10.0. The molecule has 0 N–H and O–H groups in total. The van der Waals surface area contributed by atoms with E-state index in [1.165, 1.54) is 4.80 Å². The van der Waals surface area contributed by atoms with Gasteiger partial charge in [-0.05, 0) is 25.5 Å². The Balaban J connectivity index is 1.30. The predicted octanol–water partition coefficient (Wildman–Crippen LogP) is 2.53. The van der Waals surface area contributed by atoms with Crippen LogP contribution < -0.4 is 4.90 Å². The zero-order valence-electron chi connectivity index (χ0n) is 18.0. The Kier molecular flexibility index (Phi) is 5.13. The number of likely N-dealkylation sites (tertiary alicyclic amines) is 1. The molecule has 1 aromatic carbocycles. The van der Waals surface area contributed by atoms with Crippen molar-refractivity contribution in [3.8, 4) is 5.69 Å². The number of anilines is 1. The molecule has 2 aliphatic heterocycles. The number of aromatic nitrogens is 5. The van der Waals surface area contributed by atoms with Gasteiger partial charge in [0.25, 0.3) is 5.91 Å². The zero-order valence-corrected chi connectivity index (χ0v) is 18.0. The Labute approximate surface area is 181 Å². The molecule has 0 aliphatic carbocycles. The lowest BCUT2D eigenvalue weighted by Gasteiger charge is -2.23. The summed E-state index contributed by atoms with van der Waals surface area (Å²) >= 11 is 0. The summed E-state index contributed by atoms with van der Waals surface area (Å²) in [5, 5.41) is 8.40. The van der Waals surface area contributed by atoms with Gasteiger partial charge in [-0.15, -0.1) is 0 Å². The fraction of sp³-hybridized carbons (Fsp3) is 0.435. The van der Waals surface area contributed by atoms with Gasteiger partial charge in [-0.25, -0.2) is 9.97 Å². The highest BCUT2D eigenvalue weighted by molar-refractivity contribution is 5.97. The third-order valence-corrected chi connectivity index (χ3v) is 6.23. The second-order valence-corrected chi connectivity index (χ2v) is 8.50. The van der Waals surface area contributed by atoms with Gasteiger partial charge in [-0.2, -0.15) is 15.0 Å². The number of benzene rings is 1. The van der Waals surface area contributed by atoms with E-state index in [0.717, 1.165) is 62.0 Å². The number of fused-ring (bicyclic) bond motifs is 1. The molecule has 2 aromatic heterocycles. The van der Waals surface area contributed by atoms with Crippen LogP contribution in [0.4, 0.5) is 5.82 Å². The van der Waals surface area contributed by atoms with E-state index in [2.05, 4.69) is 33.1 Å². The molecule has 8 nitrogen and oxygen atoms in total. The molecule has 31 heavy (non-hydrogen) atoms. The van der Waals surface area contributed by atoms with Crippen LogP contribution in [0.2, 0.25) is 0 Å². The number of rotatable bonds is 5. The van der Waals surface area contributed by atoms with E-state index in [-0.39, 0.29) is 5.91 Å². The zero-order chi connectivity index (χ0) is 21.4. The van der Waals surface area contributed by atoms with E-state index in [4.69, 9.17) is 4.98 Å². The Morgan fingerprint density at radius 1 is 1.03 bits per heavy atom. The standard InChI is InChI=1S/C23H27N7O/c1-3-6-21-26-16(2)11-22(27-21)28-12-17-14-29(15-18(17)13-28)23(31)19-7-4-5-8-20(19)30-24-9-10-25-30/h4-5,7-11,17-18H,3,6,12-15H2,1-2H3. The van der Waals surface area contributed by atoms with Crippen LogP contribution >= 0.6 is 0 Å². The van der Waals surface area contributed by atoms with Crippen molar-refractivity contribution in [2.45, 2.75) is 26.7 Å². The normalized spacial score (nSPS) is 20.3. The number of carbonyl (C=O) groups is 1. The summed E-state index contributed by atoms with van der Waals surface area (Å²) in [5.41, 5.74) is 2.38. The van der Waals surface area contributed by atoms with Gasteiger partial charge < -0.3 is 9.80 Å². The number of hydrogen-bond donors (Lipinski definition) is 0. The van der Waals surface area contributed by atoms with E-state index < -0.39 is 0 Å². The Morgan fingerprint density at radius 3 is 2.45 bits per heavy atom. The van der Waals surface area contributed by atoms with Gasteiger partial charge in [0.05, 0.1) is 23.6 Å². The topological polar surface area (TPSA) is 80.0 Å². The maximum Gasteiger partial charge on any atom is 0.256 e. The Bertz CT molecular complexity index is 1070. The Morgan fingerprint density at radius 2 is 1.74 bits per heavy atom. The molecule has 3 aromatic rings. The van der Waals surface area contributed by atoms with Crippen molar-refractivity contribution in [3.63, 3.8) is 0 Å². The maximum atomic E-state index is 13.3. The van der Waals surface area contributed by atoms with E-state index in [1.807, 2.05) is 36.1 Å². The summed E-state index contributed by atoms with van der Waals surface area (Å²) in [4.78, 5) is 28.6. The molecule has 2 aliphatic rings. The van der Waals surface area contributed by atoms with Crippen molar-refractivity contribution < 1.29 is 4.79 Å². The number of amides is 1. The van der Waals surface area contributed by atoms with Gasteiger partial charge in [0.1, 0.15) is 11.6 Å². The number of carbonyl (C=O) groups excluding carboxylic acids is 1. The van der Waals surface area contributed by atoms with Gasteiger partial charge in [-0.1, -0.05) is 19.1 Å². The Hall–Kier alpha value is -3.29. The van der Waals surface area contributed by atoms with Crippen LogP contribution in [0.25, 0.3) is 5.69 Å². The van der Waals surface area contributed by atoms with Crippen LogP contribution in [0.3, 0.4) is 0 Å². The summed E-state index contributed by atoms with van der Waals surface area (Å²) < 4.78 is 0. The first-order chi connectivity index (χ1) is 15.1. The maximum absolute atomic E-state index is 13.3. The minimum absolute atomic E-state index is 0.0527. The summed E-state index contributed by atoms with van der Waals surface area (Å²) in [6.07, 6.45) is 5.19. The molecule has 0 radical (unpaired) electrons. The molecule has 1 amide bonds. The fourth-order valence-electron chi connectivity index (χ4n) is 4.79. The van der Waals surface area contributed by atoms with Crippen LogP contribution in [0, 0.1) is 18.8 Å². The van der Waals surface area contributed by atoms with Crippen molar-refractivity contribution in [1.29, 1.82) is 0 Å². The molecule has 2 atom stereocenters. The van der Waals surface area contributed by atoms with Crippen molar-refractivity contribution in [1.82, 2.24) is 29.9 Å². The summed E-state index contributed by atoms with van der Waals surface area (Å²) in [6, 6.07) is 9.63. The SMILES string of the molecule is CCCc1nc(C)cc(N2CC3CN(C(=O)c4ccccc4-n4nccn4)CC3C2)n1. The average molecular weight is 418 g/mol. The highest BCUT2D eigenvalue weighted by atomic mass is 16.2. The van der Waals surface area contributed by atoms with Crippen molar-refractivity contribution >= 4 is 11.7 Å². The van der Waals surface area contributed by atoms with Crippen LogP contribution in [0.1, 0.15) is 35.2 Å². The summed E-state index contributed by atoms with van der Waals surface area (Å²) in [7, 11) is 0. The minimum Gasteiger partial charge on any atom is -0.356 e. The number of para-hydroxylation sites is 1. The van der Waals surface area contributed by atoms with Gasteiger partial charge in [0.2, 0.25) is 0 Å². The average Bonchev–Trinajstić information content (AvgIpc) is 3.49. The van der Waals surface area contributed by atoms with Crippen molar-refractivity contribution in [2.24, 2.45) is 11.8 Å². The lowest BCUT2D eigenvalue weighted by molar-refractivity contribution is 0.0782. The second kappa shape index (κ2) is 8.09. The molecule has 160 valence electrons. The molecule has 0 spiro atoms. The van der Waals surface area contributed by atoms with Crippen LogP contribution in [0.15, 0.2) is 42.7 Å². The number of aryl methyl sites for hydroxylation is 2. The third kappa shape index (κ3) is 3.78. The van der Waals surface area contributed by atoms with Crippen molar-refractivity contribution in [3.05, 3.63) is 59.8 Å². The molecular formula is C23H27N7O. The number of hydrogen-bond acceptors (Lipinski definition) is 6. The molecule has 2 unspecified atom stereocenters. The molecule has 2 fully saturated rings. The quantitative estimate of drug-likeness (QED) is 0.635. The first kappa shape index (κ1) is 19.7. The van der Waals surface area contributed by atoms with Crippen LogP contribution in [-0.4, -0.2) is 61.9 Å². The molecule has 8 heteroatoms. The van der Waals surface area contributed by atoms with E-state index in [0.29, 0.717) is 17.4 Å². The fourth-order valence-corrected chi connectivity index (χ4v) is 4.79. The second-order valence-electron chi connectivity index (χ2n) is 8.50. The molecule has 0 saturated carbocycles. The molecular weight excluding hydrogens is 390 g/mol. The van der Waals surface area contributed by atoms with Gasteiger partial charge >= 0.3 is 0 Å². The molecule has 2 saturated heterocycles. The number of nitrogens with zero attached hydrogens (tertiary/aromatic N) is 7. The highest BCUT2D eigenvalue weighted by Crippen LogP contribution is 2.34. The van der Waals surface area contributed by atoms with E-state index >= 15 is 0 Å². The molecule has 5 rings (SSSR count). The van der Waals surface area contributed by atoms with E-state index in [1.54, 1.807) is 12.4 Å². The smallest absolute Gasteiger partial charge is 0.256 e. The molecule has 4 heterocycles. The largest absolute Gasteiger partial charge is 0.356 e. The van der Waals surface area contributed by atoms with Crippen molar-refractivity contribution in [2.75, 3.05) is 31.1 Å². The summed E-state index contributed by atoms with van der Waals surface area (Å²) in [6.45, 7) is 7.59. The first-order valence-electron chi connectivity index (χ1n) is 11.0. The van der Waals surface area contributed by atoms with Gasteiger partial charge in [0.15, 0.2) is 0 Å². The van der Waals surface area contributed by atoms with Crippen LogP contribution in [-0.2, 0) is 6.42 Å². The third-order valence-electron chi connectivity index (χ3n) is 6.23. The van der Waals surface area contributed by atoms with Gasteiger partial charge in [0, 0.05) is 56.2 Å². The van der Waals surface area contributed by atoms with Gasteiger partial charge in [-0.3, -0.25) is 4.79 Å². The predicted molar refractivity (Wildman–Crippen MR) is 117 cm³/mol. The van der Waals surface area contributed by atoms with E-state index in [9.17, 15) is 4.79 Å². The lowest BCUT2D eigenvalue weighted by Crippen LogP contribution is -2.34. The van der Waals surface area contributed by atoms with Crippen LogP contribution in [0.5, 0.6) is 0 Å². The highest BCUT2D eigenvalue weighted by Gasteiger charge is 2.42. The first-order valence-corrected chi connectivity index (χ1v) is 11.0. The molecule has 0 bridgehead atoms. The monoisotopic (exact) mass is 417 g/mol. The summed E-state index contributed by atoms with van der Waals surface area (Å²) in [5.74, 6) is 2.93. The minimum atomic E-state index is 0.0527.